The number of hydrogen-bond donors (Lipinski definition) is 2. The molecule has 1 fully saturated rings. The van der Waals surface area contributed by atoms with Crippen molar-refractivity contribution in [2.45, 2.75) is 32.8 Å². The lowest BCUT2D eigenvalue weighted by molar-refractivity contribution is 0.0773. The second-order valence-corrected chi connectivity index (χ2v) is 5.94. The van der Waals surface area contributed by atoms with Crippen molar-refractivity contribution < 1.29 is 9.53 Å². The third-order valence-electron chi connectivity index (χ3n) is 3.93. The van der Waals surface area contributed by atoms with Crippen molar-refractivity contribution in [1.82, 2.24) is 10.2 Å². The van der Waals surface area contributed by atoms with Crippen molar-refractivity contribution in [3.8, 4) is 0 Å². The zero-order valence-corrected chi connectivity index (χ0v) is 14.6. The number of anilines is 1. The highest BCUT2D eigenvalue weighted by Gasteiger charge is 2.16. The van der Waals surface area contributed by atoms with Crippen molar-refractivity contribution in [2.24, 2.45) is 0 Å². The van der Waals surface area contributed by atoms with Crippen LogP contribution in [0.1, 0.15) is 37.0 Å². The van der Waals surface area contributed by atoms with Crippen LogP contribution in [0.2, 0.25) is 0 Å². The summed E-state index contributed by atoms with van der Waals surface area (Å²) in [6.07, 6.45) is 2.43. The normalized spacial score (nSPS) is 16.9. The standard InChI is InChI=1S/C17H25N3O2S/c1-3-20(4-2)16(21)13-7-5-8-14(11-13)19-17(23)18-12-15-9-6-10-22-15/h5,7-8,11,15H,3-4,6,9-10,12H2,1-2H3,(H2,18,19,23)/t15-/m0/s1. The number of rotatable bonds is 6. The van der Waals surface area contributed by atoms with Gasteiger partial charge < -0.3 is 20.3 Å². The average molecular weight is 335 g/mol. The number of benzene rings is 1. The molecule has 0 aliphatic carbocycles. The average Bonchev–Trinajstić information content (AvgIpc) is 3.08. The highest BCUT2D eigenvalue weighted by atomic mass is 32.1. The summed E-state index contributed by atoms with van der Waals surface area (Å²) in [4.78, 5) is 14.2. The Morgan fingerprint density at radius 3 is 2.83 bits per heavy atom. The minimum absolute atomic E-state index is 0.0388. The molecule has 1 amide bonds. The van der Waals surface area contributed by atoms with E-state index in [1.807, 2.05) is 38.1 Å². The topological polar surface area (TPSA) is 53.6 Å². The summed E-state index contributed by atoms with van der Waals surface area (Å²) in [5.74, 6) is 0.0388. The number of amides is 1. The van der Waals surface area contributed by atoms with E-state index in [2.05, 4.69) is 10.6 Å². The molecule has 1 aliphatic rings. The maximum Gasteiger partial charge on any atom is 0.253 e. The lowest BCUT2D eigenvalue weighted by Gasteiger charge is -2.19. The maximum atomic E-state index is 12.4. The van der Waals surface area contributed by atoms with E-state index in [0.717, 1.165) is 25.1 Å². The summed E-state index contributed by atoms with van der Waals surface area (Å²) in [5, 5.41) is 6.85. The molecule has 1 aromatic carbocycles. The minimum atomic E-state index is 0.0388. The number of ether oxygens (including phenoxy) is 1. The molecule has 1 atom stereocenters. The number of carbonyl (C=O) groups is 1. The van der Waals surface area contributed by atoms with E-state index >= 15 is 0 Å². The Balaban J connectivity index is 1.91. The molecule has 1 aliphatic heterocycles. The van der Waals surface area contributed by atoms with Gasteiger partial charge >= 0.3 is 0 Å². The Morgan fingerprint density at radius 1 is 1.39 bits per heavy atom. The van der Waals surface area contributed by atoms with Gasteiger partial charge in [-0.15, -0.1) is 0 Å². The third-order valence-corrected chi connectivity index (χ3v) is 4.18. The van der Waals surface area contributed by atoms with E-state index in [-0.39, 0.29) is 12.0 Å². The first-order chi connectivity index (χ1) is 11.1. The number of nitrogens with one attached hydrogen (secondary N) is 2. The lowest BCUT2D eigenvalue weighted by atomic mass is 10.1. The summed E-state index contributed by atoms with van der Waals surface area (Å²) >= 11 is 5.30. The van der Waals surface area contributed by atoms with Crippen LogP contribution < -0.4 is 10.6 Å². The van der Waals surface area contributed by atoms with Gasteiger partial charge in [-0.2, -0.15) is 0 Å². The van der Waals surface area contributed by atoms with Gasteiger partial charge in [0.2, 0.25) is 0 Å². The predicted octanol–water partition coefficient (Wildman–Crippen LogP) is 2.63. The summed E-state index contributed by atoms with van der Waals surface area (Å²) in [6, 6.07) is 7.43. The molecule has 5 nitrogen and oxygen atoms in total. The quantitative estimate of drug-likeness (QED) is 0.783. The van der Waals surface area contributed by atoms with Gasteiger partial charge in [0.1, 0.15) is 0 Å². The molecule has 126 valence electrons. The summed E-state index contributed by atoms with van der Waals surface area (Å²) in [6.45, 7) is 6.91. The van der Waals surface area contributed by atoms with Gasteiger partial charge in [0.05, 0.1) is 6.10 Å². The Labute approximate surface area is 143 Å². The second-order valence-electron chi connectivity index (χ2n) is 5.53. The molecule has 2 N–H and O–H groups in total. The number of nitrogens with zero attached hydrogens (tertiary/aromatic N) is 1. The molecule has 1 heterocycles. The third kappa shape index (κ3) is 5.18. The van der Waals surface area contributed by atoms with E-state index in [1.54, 1.807) is 4.90 Å². The van der Waals surface area contributed by atoms with Crippen molar-refractivity contribution in [3.63, 3.8) is 0 Å². The van der Waals surface area contributed by atoms with Crippen LogP contribution in [-0.4, -0.2) is 48.3 Å². The first kappa shape index (κ1) is 17.7. The van der Waals surface area contributed by atoms with E-state index in [4.69, 9.17) is 17.0 Å². The number of carbonyl (C=O) groups excluding carboxylic acids is 1. The Kier molecular flexibility index (Phi) is 6.80. The SMILES string of the molecule is CCN(CC)C(=O)c1cccc(NC(=S)NC[C@@H]2CCCO2)c1. The van der Waals surface area contributed by atoms with Crippen LogP contribution in [-0.2, 0) is 4.74 Å². The highest BCUT2D eigenvalue weighted by molar-refractivity contribution is 7.80. The van der Waals surface area contributed by atoms with Gasteiger partial charge in [0, 0.05) is 37.5 Å². The summed E-state index contributed by atoms with van der Waals surface area (Å²) in [7, 11) is 0. The van der Waals surface area contributed by atoms with Gasteiger partial charge in [0.25, 0.3) is 5.91 Å². The smallest absolute Gasteiger partial charge is 0.253 e. The van der Waals surface area contributed by atoms with Crippen molar-refractivity contribution in [1.29, 1.82) is 0 Å². The molecule has 2 rings (SSSR count). The second kappa shape index (κ2) is 8.84. The molecular formula is C17H25N3O2S. The number of thiocarbonyl (C=S) groups is 1. The summed E-state index contributed by atoms with van der Waals surface area (Å²) < 4.78 is 5.56. The Morgan fingerprint density at radius 2 is 2.17 bits per heavy atom. The van der Waals surface area contributed by atoms with Crippen LogP contribution in [0.4, 0.5) is 5.69 Å². The summed E-state index contributed by atoms with van der Waals surface area (Å²) in [5.41, 5.74) is 1.48. The lowest BCUT2D eigenvalue weighted by Crippen LogP contribution is -2.35. The van der Waals surface area contributed by atoms with Gasteiger partial charge in [0.15, 0.2) is 5.11 Å². The van der Waals surface area contributed by atoms with Crippen molar-refractivity contribution in [3.05, 3.63) is 29.8 Å². The van der Waals surface area contributed by atoms with Gasteiger partial charge in [-0.3, -0.25) is 4.79 Å². The van der Waals surface area contributed by atoms with Crippen LogP contribution >= 0.6 is 12.2 Å². The fourth-order valence-corrected chi connectivity index (χ4v) is 2.81. The van der Waals surface area contributed by atoms with Gasteiger partial charge in [-0.25, -0.2) is 0 Å². The molecule has 0 unspecified atom stereocenters. The first-order valence-corrected chi connectivity index (χ1v) is 8.60. The molecule has 0 bridgehead atoms. The Hall–Kier alpha value is -1.66. The molecule has 0 aromatic heterocycles. The molecule has 1 aromatic rings. The van der Waals surface area contributed by atoms with Gasteiger partial charge in [-0.1, -0.05) is 6.07 Å². The first-order valence-electron chi connectivity index (χ1n) is 8.19. The van der Waals surface area contributed by atoms with Crippen LogP contribution in [0, 0.1) is 0 Å². The Bertz CT molecular complexity index is 540. The van der Waals surface area contributed by atoms with E-state index < -0.39 is 0 Å². The molecule has 6 heteroatoms. The van der Waals surface area contributed by atoms with Crippen molar-refractivity contribution in [2.75, 3.05) is 31.6 Å². The van der Waals surface area contributed by atoms with Crippen LogP contribution in [0.3, 0.4) is 0 Å². The van der Waals surface area contributed by atoms with Crippen LogP contribution in [0.5, 0.6) is 0 Å². The monoisotopic (exact) mass is 335 g/mol. The molecule has 23 heavy (non-hydrogen) atoms. The van der Waals surface area contributed by atoms with Crippen LogP contribution in [0.15, 0.2) is 24.3 Å². The van der Waals surface area contributed by atoms with Crippen LogP contribution in [0.25, 0.3) is 0 Å². The zero-order valence-electron chi connectivity index (χ0n) is 13.8. The fraction of sp³-hybridized carbons (Fsp3) is 0.529. The largest absolute Gasteiger partial charge is 0.376 e. The predicted molar refractivity (Wildman–Crippen MR) is 96.9 cm³/mol. The molecule has 0 spiro atoms. The highest BCUT2D eigenvalue weighted by Crippen LogP contribution is 2.13. The molecule has 1 saturated heterocycles. The minimum Gasteiger partial charge on any atom is -0.376 e. The van der Waals surface area contributed by atoms with E-state index in [9.17, 15) is 4.79 Å². The maximum absolute atomic E-state index is 12.4. The fourth-order valence-electron chi connectivity index (χ4n) is 2.61. The zero-order chi connectivity index (χ0) is 16.7. The van der Waals surface area contributed by atoms with Gasteiger partial charge in [-0.05, 0) is 57.1 Å². The molecule has 0 saturated carbocycles. The number of hydrogen-bond acceptors (Lipinski definition) is 3. The van der Waals surface area contributed by atoms with Crippen molar-refractivity contribution >= 4 is 28.9 Å². The molecule has 0 radical (unpaired) electrons. The molecular weight excluding hydrogens is 310 g/mol. The van der Waals surface area contributed by atoms with E-state index in [1.165, 1.54) is 0 Å². The van der Waals surface area contributed by atoms with E-state index in [0.29, 0.717) is 30.3 Å².